The van der Waals surface area contributed by atoms with E-state index in [1.807, 2.05) is 0 Å². The normalized spacial score (nSPS) is 37.1. The van der Waals surface area contributed by atoms with Crippen molar-refractivity contribution in [1.29, 1.82) is 0 Å². The molecule has 0 aliphatic rings. The third-order valence-electron chi connectivity index (χ3n) is 0.500. The maximum atomic E-state index is 10.6. The third-order valence-corrected chi connectivity index (χ3v) is 0.500. The molecule has 3 N–H and O–H groups in total. The van der Waals surface area contributed by atoms with Gasteiger partial charge in [0.05, 0.1) is 1.37 Å². The quantitative estimate of drug-likeness (QED) is 0.548. The SMILES string of the molecule is [2H]C([2H])([2H])C([2H])(C([2H])([2H])[2H])C([2H])(N)C(=O)O. The zero-order valence-corrected chi connectivity index (χ0v) is 3.93. The van der Waals surface area contributed by atoms with Gasteiger partial charge in [-0.2, -0.15) is 0 Å². The summed E-state index contributed by atoms with van der Waals surface area (Å²) >= 11 is 0. The van der Waals surface area contributed by atoms with Gasteiger partial charge in [0.2, 0.25) is 0 Å². The molecule has 0 heterocycles. The number of hydrogen-bond acceptors (Lipinski definition) is 2. The molecule has 0 aromatic rings. The number of hydrogen-bond donors (Lipinski definition) is 2. The van der Waals surface area contributed by atoms with Gasteiger partial charge in [0.1, 0.15) is 6.02 Å². The Hall–Kier alpha value is -0.570. The molecule has 0 fully saturated rings. The first-order valence-corrected chi connectivity index (χ1v) is 1.72. The van der Waals surface area contributed by atoms with Crippen molar-refractivity contribution < 1.29 is 20.9 Å². The van der Waals surface area contributed by atoms with Crippen LogP contribution in [0.25, 0.3) is 0 Å². The van der Waals surface area contributed by atoms with Gasteiger partial charge in [0.15, 0.2) is 0 Å². The van der Waals surface area contributed by atoms with E-state index in [-0.39, 0.29) is 0 Å². The van der Waals surface area contributed by atoms with Crippen LogP contribution in [0, 0.1) is 5.89 Å². The van der Waals surface area contributed by atoms with E-state index in [1.165, 1.54) is 0 Å². The van der Waals surface area contributed by atoms with Gasteiger partial charge in [-0.15, -0.1) is 0 Å². The minimum atomic E-state index is -3.61. The second-order valence-corrected chi connectivity index (χ2v) is 1.09. The van der Waals surface area contributed by atoms with Crippen molar-refractivity contribution in [2.24, 2.45) is 11.6 Å². The highest BCUT2D eigenvalue weighted by atomic mass is 16.4. The van der Waals surface area contributed by atoms with Gasteiger partial charge < -0.3 is 10.8 Å². The molecule has 0 saturated carbocycles. The van der Waals surface area contributed by atoms with Crippen LogP contribution in [0.3, 0.4) is 0 Å². The van der Waals surface area contributed by atoms with E-state index in [9.17, 15) is 4.79 Å². The van der Waals surface area contributed by atoms with Crippen LogP contribution in [-0.2, 0) is 4.79 Å². The zero-order valence-electron chi connectivity index (χ0n) is 11.9. The van der Waals surface area contributed by atoms with Crippen LogP contribution in [-0.4, -0.2) is 17.1 Å². The number of carboxylic acids is 1. The predicted molar refractivity (Wildman–Crippen MR) is 30.4 cm³/mol. The molecule has 0 aliphatic heterocycles. The fraction of sp³-hybridized carbons (Fsp3) is 0.800. The van der Waals surface area contributed by atoms with Crippen LogP contribution in [0.15, 0.2) is 0 Å². The molecule has 0 radical (unpaired) electrons. The monoisotopic (exact) mass is 125 g/mol. The summed E-state index contributed by atoms with van der Waals surface area (Å²) in [5.41, 5.74) is 4.87. The van der Waals surface area contributed by atoms with Gasteiger partial charge >= 0.3 is 5.97 Å². The van der Waals surface area contributed by atoms with E-state index in [4.69, 9.17) is 21.8 Å². The summed E-state index contributed by atoms with van der Waals surface area (Å²) in [7, 11) is 0. The summed E-state index contributed by atoms with van der Waals surface area (Å²) in [6.45, 7) is -7.07. The van der Waals surface area contributed by atoms with E-state index in [0.29, 0.717) is 0 Å². The Morgan fingerprint density at radius 2 is 2.50 bits per heavy atom. The van der Waals surface area contributed by atoms with Crippen LogP contribution in [0.2, 0.25) is 0 Å². The maximum Gasteiger partial charge on any atom is 0.320 e. The van der Waals surface area contributed by atoms with Crippen LogP contribution in [0.4, 0.5) is 0 Å². The lowest BCUT2D eigenvalue weighted by molar-refractivity contribution is -0.139. The average molecular weight is 125 g/mol. The molecule has 0 aromatic heterocycles. The Balaban J connectivity index is 5.91. The first kappa shape index (κ1) is 1.48. The van der Waals surface area contributed by atoms with Gasteiger partial charge in [0.25, 0.3) is 0 Å². The highest BCUT2D eigenvalue weighted by molar-refractivity contribution is 5.73. The van der Waals surface area contributed by atoms with E-state index in [0.717, 1.165) is 0 Å². The maximum absolute atomic E-state index is 10.6. The van der Waals surface area contributed by atoms with Crippen molar-refractivity contribution in [3.63, 3.8) is 0 Å². The van der Waals surface area contributed by atoms with Gasteiger partial charge in [-0.05, 0) is 5.89 Å². The van der Waals surface area contributed by atoms with Crippen molar-refractivity contribution >= 4 is 5.97 Å². The van der Waals surface area contributed by atoms with Gasteiger partial charge in [0, 0.05) is 9.60 Å². The van der Waals surface area contributed by atoms with Crippen molar-refractivity contribution in [2.75, 3.05) is 0 Å². The topological polar surface area (TPSA) is 63.3 Å². The van der Waals surface area contributed by atoms with Crippen molar-refractivity contribution in [2.45, 2.75) is 19.7 Å². The fourth-order valence-electron chi connectivity index (χ4n) is 0.107. The molecule has 1 atom stereocenters. The molecular weight excluding hydrogens is 106 g/mol. The highest BCUT2D eigenvalue weighted by Gasteiger charge is 2.14. The lowest BCUT2D eigenvalue weighted by Crippen LogP contribution is -2.34. The summed E-state index contributed by atoms with van der Waals surface area (Å²) in [4.78, 5) is 10.6. The fourth-order valence-corrected chi connectivity index (χ4v) is 0.107. The van der Waals surface area contributed by atoms with E-state index < -0.39 is 31.6 Å². The largest absolute Gasteiger partial charge is 0.480 e. The second kappa shape index (κ2) is 2.67. The second-order valence-electron chi connectivity index (χ2n) is 1.09. The van der Waals surface area contributed by atoms with Gasteiger partial charge in [-0.25, -0.2) is 0 Å². The van der Waals surface area contributed by atoms with E-state index >= 15 is 0 Å². The molecule has 3 nitrogen and oxygen atoms in total. The Labute approximate surface area is 59.7 Å². The molecule has 0 bridgehead atoms. The number of nitrogens with two attached hydrogens (primary N) is 1. The van der Waals surface area contributed by atoms with Crippen LogP contribution in [0.5, 0.6) is 0 Å². The van der Waals surface area contributed by atoms with E-state index in [1.54, 1.807) is 0 Å². The highest BCUT2D eigenvalue weighted by Crippen LogP contribution is 1.96. The van der Waals surface area contributed by atoms with Gasteiger partial charge in [-0.1, -0.05) is 13.7 Å². The number of rotatable bonds is 2. The van der Waals surface area contributed by atoms with E-state index in [2.05, 4.69) is 0 Å². The average Bonchev–Trinajstić information content (AvgIpc) is 1.97. The molecule has 0 saturated heterocycles. The van der Waals surface area contributed by atoms with Crippen molar-refractivity contribution in [3.8, 4) is 0 Å². The summed E-state index contributed by atoms with van der Waals surface area (Å²) in [5.74, 6) is -5.80. The molecule has 3 heteroatoms. The third kappa shape index (κ3) is 1.93. The van der Waals surface area contributed by atoms with Crippen molar-refractivity contribution in [1.82, 2.24) is 0 Å². The molecule has 1 unspecified atom stereocenters. The molecule has 0 spiro atoms. The zero-order chi connectivity index (χ0) is 13.6. The first-order chi connectivity index (χ1) is 6.69. The number of aliphatic carboxylic acids is 1. The van der Waals surface area contributed by atoms with Crippen LogP contribution >= 0.6 is 0 Å². The summed E-state index contributed by atoms with van der Waals surface area (Å²) < 4.78 is 55.9. The Morgan fingerprint density at radius 1 is 2.00 bits per heavy atom. The molecule has 8 heavy (non-hydrogen) atoms. The molecule has 0 amide bonds. The molecule has 48 valence electrons. The number of carboxylic acid groups (broad SMARTS) is 1. The Bertz CT molecular complexity index is 278. The Morgan fingerprint density at radius 3 is 2.62 bits per heavy atom. The molecular formula is C5H11NO2. The summed E-state index contributed by atoms with van der Waals surface area (Å²) in [6, 6.07) is -3.47. The molecule has 0 rings (SSSR count). The van der Waals surface area contributed by atoms with Crippen LogP contribution < -0.4 is 5.73 Å². The lowest BCUT2D eigenvalue weighted by atomic mass is 10.1. The summed E-state index contributed by atoms with van der Waals surface area (Å²) in [6.07, 6.45) is 0. The molecule has 0 aliphatic carbocycles. The minimum Gasteiger partial charge on any atom is -0.480 e. The molecule has 0 aromatic carbocycles. The summed E-state index contributed by atoms with van der Waals surface area (Å²) in [5, 5.41) is 8.57. The Kier molecular flexibility index (Phi) is 0.492. The standard InChI is InChI=1S/C5H11NO2/c1-3(2)4(6)5(7)8/h3-4H,6H2,1-2H3,(H,7,8)/i1D3,2D3,3D,4D. The predicted octanol–water partition coefficient (Wildman–Crippen LogP) is 0.0543. The minimum absolute atomic E-state index is 2.19. The van der Waals surface area contributed by atoms with Crippen LogP contribution in [0.1, 0.15) is 24.7 Å². The lowest BCUT2D eigenvalue weighted by Gasteiger charge is -2.07. The van der Waals surface area contributed by atoms with Gasteiger partial charge in [-0.3, -0.25) is 4.79 Å². The smallest absolute Gasteiger partial charge is 0.320 e. The first-order valence-electron chi connectivity index (χ1n) is 5.72. The van der Waals surface area contributed by atoms with Crippen molar-refractivity contribution in [3.05, 3.63) is 0 Å². The number of carbonyl (C=O) groups is 1.